The van der Waals surface area contributed by atoms with E-state index in [9.17, 15) is 8.42 Å². The largest absolute Gasteiger partial charge is 0.384 e. The number of aliphatic hydroxyl groups excluding tert-OH is 1. The maximum Gasteiger partial charge on any atom is 0.243 e. The summed E-state index contributed by atoms with van der Waals surface area (Å²) in [6, 6.07) is 2.78. The molecule has 0 saturated heterocycles. The van der Waals surface area contributed by atoms with Crippen molar-refractivity contribution in [2.75, 3.05) is 13.2 Å². The van der Waals surface area contributed by atoms with Gasteiger partial charge in [0.2, 0.25) is 10.0 Å². The molecule has 0 spiro atoms. The van der Waals surface area contributed by atoms with Gasteiger partial charge in [-0.2, -0.15) is 0 Å². The number of nitrogens with one attached hydrogen (secondary N) is 1. The summed E-state index contributed by atoms with van der Waals surface area (Å²) in [5.74, 6) is 5.03. The minimum Gasteiger partial charge on any atom is -0.384 e. The second-order valence-corrected chi connectivity index (χ2v) is 5.75. The third-order valence-electron chi connectivity index (χ3n) is 1.91. The number of hydrogen-bond donors (Lipinski definition) is 2. The van der Waals surface area contributed by atoms with Crippen LogP contribution in [0.15, 0.2) is 17.0 Å². The van der Waals surface area contributed by atoms with Crippen LogP contribution in [0.5, 0.6) is 0 Å². The van der Waals surface area contributed by atoms with Gasteiger partial charge in [0.05, 0.1) is 10.0 Å². The Bertz CT molecular complexity index is 579. The van der Waals surface area contributed by atoms with E-state index in [2.05, 4.69) is 16.6 Å². The Morgan fingerprint density at radius 2 is 1.89 bits per heavy atom. The van der Waals surface area contributed by atoms with Crippen LogP contribution in [0.1, 0.15) is 12.5 Å². The number of rotatable bonds is 3. The van der Waals surface area contributed by atoms with Gasteiger partial charge < -0.3 is 5.11 Å². The average molecular weight is 308 g/mol. The van der Waals surface area contributed by atoms with Gasteiger partial charge in [0.1, 0.15) is 11.5 Å². The van der Waals surface area contributed by atoms with E-state index in [4.69, 9.17) is 28.3 Å². The van der Waals surface area contributed by atoms with E-state index in [-0.39, 0.29) is 28.1 Å². The van der Waals surface area contributed by atoms with Crippen molar-refractivity contribution in [3.05, 3.63) is 27.7 Å². The molecule has 0 aromatic heterocycles. The van der Waals surface area contributed by atoms with Crippen LogP contribution in [0.25, 0.3) is 0 Å². The highest BCUT2D eigenvalue weighted by atomic mass is 35.5. The molecule has 18 heavy (non-hydrogen) atoms. The molecular weight excluding hydrogens is 297 g/mol. The summed E-state index contributed by atoms with van der Waals surface area (Å²) in [5.41, 5.74) is 0.439. The lowest BCUT2D eigenvalue weighted by Gasteiger charge is -2.09. The summed E-state index contributed by atoms with van der Waals surface area (Å²) in [6.07, 6.45) is 0. The monoisotopic (exact) mass is 307 g/mol. The van der Waals surface area contributed by atoms with Gasteiger partial charge in [-0.15, -0.1) is 0 Å². The van der Waals surface area contributed by atoms with Crippen LogP contribution in [0.3, 0.4) is 0 Å². The summed E-state index contributed by atoms with van der Waals surface area (Å²) in [6.45, 7) is 1.59. The van der Waals surface area contributed by atoms with Crippen LogP contribution in [-0.2, 0) is 10.0 Å². The van der Waals surface area contributed by atoms with Gasteiger partial charge in [-0.05, 0) is 12.1 Å². The highest BCUT2D eigenvalue weighted by Crippen LogP contribution is 2.30. The smallest absolute Gasteiger partial charge is 0.243 e. The summed E-state index contributed by atoms with van der Waals surface area (Å²) < 4.78 is 26.0. The predicted octanol–water partition coefficient (Wildman–Crippen LogP) is 1.64. The van der Waals surface area contributed by atoms with Crippen LogP contribution in [0, 0.1) is 11.8 Å². The lowest BCUT2D eigenvalue weighted by Crippen LogP contribution is -2.23. The first kappa shape index (κ1) is 15.3. The van der Waals surface area contributed by atoms with Crippen molar-refractivity contribution in [1.82, 2.24) is 4.72 Å². The standard InChI is InChI=1S/C11H11Cl2NO3S/c1-2-14-18(16,17)11-9(12)6-8(4-3-5-15)7-10(11)13/h6-7,14-15H,2,5H2,1H3. The second kappa shape index (κ2) is 6.41. The molecule has 0 amide bonds. The second-order valence-electron chi connectivity index (χ2n) is 3.23. The van der Waals surface area contributed by atoms with E-state index < -0.39 is 10.0 Å². The predicted molar refractivity (Wildman–Crippen MR) is 71.3 cm³/mol. The molecule has 7 heteroatoms. The quantitative estimate of drug-likeness (QED) is 0.834. The topological polar surface area (TPSA) is 66.4 Å². The molecule has 4 nitrogen and oxygen atoms in total. The Morgan fingerprint density at radius 1 is 1.33 bits per heavy atom. The van der Waals surface area contributed by atoms with Gasteiger partial charge >= 0.3 is 0 Å². The highest BCUT2D eigenvalue weighted by molar-refractivity contribution is 7.89. The lowest BCUT2D eigenvalue weighted by atomic mass is 10.2. The zero-order valence-electron chi connectivity index (χ0n) is 9.50. The number of aliphatic hydroxyl groups is 1. The van der Waals surface area contributed by atoms with Crippen LogP contribution < -0.4 is 4.72 Å². The Morgan fingerprint density at radius 3 is 2.33 bits per heavy atom. The van der Waals surface area contributed by atoms with E-state index in [1.807, 2.05) is 0 Å². The number of halogens is 2. The van der Waals surface area contributed by atoms with Gasteiger partial charge in [-0.25, -0.2) is 13.1 Å². The average Bonchev–Trinajstić information content (AvgIpc) is 2.24. The fourth-order valence-corrected chi connectivity index (χ4v) is 3.54. The molecule has 1 rings (SSSR count). The molecule has 98 valence electrons. The fourth-order valence-electron chi connectivity index (χ4n) is 1.29. The summed E-state index contributed by atoms with van der Waals surface area (Å²) >= 11 is 11.8. The number of benzene rings is 1. The minimum atomic E-state index is -3.72. The molecule has 0 fully saturated rings. The van der Waals surface area contributed by atoms with Gasteiger partial charge in [-0.1, -0.05) is 42.0 Å². The van der Waals surface area contributed by atoms with E-state index in [0.29, 0.717) is 5.56 Å². The van der Waals surface area contributed by atoms with Crippen molar-refractivity contribution in [1.29, 1.82) is 0 Å². The Balaban J connectivity index is 3.33. The third kappa shape index (κ3) is 3.61. The van der Waals surface area contributed by atoms with Crippen molar-refractivity contribution in [2.24, 2.45) is 0 Å². The highest BCUT2D eigenvalue weighted by Gasteiger charge is 2.21. The molecule has 0 aliphatic carbocycles. The fraction of sp³-hybridized carbons (Fsp3) is 0.273. The van der Waals surface area contributed by atoms with Gasteiger partial charge in [0.15, 0.2) is 0 Å². The maximum absolute atomic E-state index is 11.8. The first-order valence-corrected chi connectivity index (χ1v) is 7.24. The van der Waals surface area contributed by atoms with Crippen molar-refractivity contribution < 1.29 is 13.5 Å². The molecule has 0 aliphatic heterocycles. The Kier molecular flexibility index (Phi) is 5.45. The van der Waals surface area contributed by atoms with Gasteiger partial charge in [0, 0.05) is 12.1 Å². The van der Waals surface area contributed by atoms with Crippen molar-refractivity contribution in [2.45, 2.75) is 11.8 Å². The van der Waals surface area contributed by atoms with Crippen LogP contribution in [0.2, 0.25) is 10.0 Å². The first-order valence-electron chi connectivity index (χ1n) is 5.00. The summed E-state index contributed by atoms with van der Waals surface area (Å²) in [5, 5.41) is 8.56. The van der Waals surface area contributed by atoms with Gasteiger partial charge in [0.25, 0.3) is 0 Å². The zero-order valence-corrected chi connectivity index (χ0v) is 11.8. The van der Waals surface area contributed by atoms with Crippen LogP contribution in [-0.4, -0.2) is 26.7 Å². The van der Waals surface area contributed by atoms with E-state index in [1.165, 1.54) is 12.1 Å². The molecular formula is C11H11Cl2NO3S. The first-order chi connectivity index (χ1) is 8.42. The Labute approximate surface area is 116 Å². The lowest BCUT2D eigenvalue weighted by molar-refractivity contribution is 0.350. The summed E-state index contributed by atoms with van der Waals surface area (Å²) in [4.78, 5) is -0.165. The SMILES string of the molecule is CCNS(=O)(=O)c1c(Cl)cc(C#CCO)cc1Cl. The molecule has 0 bridgehead atoms. The third-order valence-corrected chi connectivity index (χ3v) is 4.38. The minimum absolute atomic E-state index is 0.00862. The van der Waals surface area contributed by atoms with E-state index in [1.54, 1.807) is 6.92 Å². The van der Waals surface area contributed by atoms with E-state index in [0.717, 1.165) is 0 Å². The molecule has 0 heterocycles. The molecule has 1 aromatic carbocycles. The van der Waals surface area contributed by atoms with Crippen LogP contribution in [0.4, 0.5) is 0 Å². The normalized spacial score (nSPS) is 10.9. The Hall–Kier alpha value is -0.770. The number of hydrogen-bond acceptors (Lipinski definition) is 3. The molecule has 0 aliphatic rings. The zero-order chi connectivity index (χ0) is 13.8. The van der Waals surface area contributed by atoms with E-state index >= 15 is 0 Å². The van der Waals surface area contributed by atoms with Crippen molar-refractivity contribution in [3.8, 4) is 11.8 Å². The molecule has 0 radical (unpaired) electrons. The molecule has 0 atom stereocenters. The summed E-state index contributed by atoms with van der Waals surface area (Å²) in [7, 11) is -3.72. The van der Waals surface area contributed by atoms with Crippen LogP contribution >= 0.6 is 23.2 Å². The maximum atomic E-state index is 11.8. The van der Waals surface area contributed by atoms with Crippen molar-refractivity contribution >= 4 is 33.2 Å². The molecule has 2 N–H and O–H groups in total. The van der Waals surface area contributed by atoms with Gasteiger partial charge in [-0.3, -0.25) is 0 Å². The molecule has 1 aromatic rings. The number of sulfonamides is 1. The van der Waals surface area contributed by atoms with Crippen molar-refractivity contribution in [3.63, 3.8) is 0 Å². The molecule has 0 saturated carbocycles. The molecule has 0 unspecified atom stereocenters.